The molecule has 1 amide bonds. The lowest BCUT2D eigenvalue weighted by Crippen LogP contribution is -2.15. The summed E-state index contributed by atoms with van der Waals surface area (Å²) in [6, 6.07) is 13.5. The van der Waals surface area contributed by atoms with Gasteiger partial charge in [0.25, 0.3) is 5.91 Å². The van der Waals surface area contributed by atoms with Gasteiger partial charge in [-0.05, 0) is 48.9 Å². The molecule has 2 N–H and O–H groups in total. The lowest BCUT2D eigenvalue weighted by atomic mass is 10.2. The van der Waals surface area contributed by atoms with E-state index in [-0.39, 0.29) is 11.6 Å². The molecule has 0 spiro atoms. The van der Waals surface area contributed by atoms with Crippen LogP contribution in [-0.2, 0) is 4.74 Å². The molecule has 0 atom stereocenters. The van der Waals surface area contributed by atoms with Crippen molar-refractivity contribution in [2.45, 2.75) is 6.92 Å². The maximum Gasteiger partial charge on any atom is 0.337 e. The van der Waals surface area contributed by atoms with Crippen molar-refractivity contribution in [2.75, 3.05) is 17.7 Å². The van der Waals surface area contributed by atoms with Crippen LogP contribution in [0.5, 0.6) is 0 Å². The van der Waals surface area contributed by atoms with Crippen LogP contribution in [0.1, 0.15) is 26.4 Å². The molecule has 0 aliphatic heterocycles. The van der Waals surface area contributed by atoms with Crippen molar-refractivity contribution >= 4 is 40.7 Å². The van der Waals surface area contributed by atoms with Gasteiger partial charge in [0.1, 0.15) is 17.8 Å². The van der Waals surface area contributed by atoms with Crippen LogP contribution in [0.4, 0.5) is 17.2 Å². The van der Waals surface area contributed by atoms with E-state index in [9.17, 15) is 9.59 Å². The van der Waals surface area contributed by atoms with Gasteiger partial charge in [0.05, 0.1) is 12.7 Å². The molecule has 0 saturated heterocycles. The number of carbonyl (C=O) groups is 2. The third kappa shape index (κ3) is 4.63. The van der Waals surface area contributed by atoms with Gasteiger partial charge < -0.3 is 15.4 Å². The summed E-state index contributed by atoms with van der Waals surface area (Å²) in [5.41, 5.74) is 2.70. The third-order valence-corrected chi connectivity index (χ3v) is 4.13. The van der Waals surface area contributed by atoms with Crippen LogP contribution in [-0.4, -0.2) is 29.0 Å². The number of halogens is 1. The number of aryl methyl sites for hydroxylation is 1. The summed E-state index contributed by atoms with van der Waals surface area (Å²) in [6.45, 7) is 1.85. The van der Waals surface area contributed by atoms with Gasteiger partial charge in [0.15, 0.2) is 0 Å². The highest BCUT2D eigenvalue weighted by Crippen LogP contribution is 2.21. The number of hydrogen-bond donors (Lipinski definition) is 2. The monoisotopic (exact) mass is 396 g/mol. The van der Waals surface area contributed by atoms with Crippen molar-refractivity contribution < 1.29 is 14.3 Å². The molecule has 0 fully saturated rings. The van der Waals surface area contributed by atoms with E-state index < -0.39 is 5.97 Å². The highest BCUT2D eigenvalue weighted by atomic mass is 35.5. The predicted octanol–water partition coefficient (Wildman–Crippen LogP) is 4.22. The van der Waals surface area contributed by atoms with Gasteiger partial charge in [0, 0.05) is 22.5 Å². The molecule has 28 heavy (non-hydrogen) atoms. The Balaban J connectivity index is 1.77. The molecule has 8 heteroatoms. The fraction of sp³-hybridized carbons (Fsp3) is 0.100. The van der Waals surface area contributed by atoms with E-state index in [4.69, 9.17) is 16.3 Å². The van der Waals surface area contributed by atoms with E-state index in [1.54, 1.807) is 42.5 Å². The van der Waals surface area contributed by atoms with Crippen molar-refractivity contribution in [3.05, 3.63) is 76.7 Å². The first-order valence-electron chi connectivity index (χ1n) is 8.31. The quantitative estimate of drug-likeness (QED) is 0.627. The van der Waals surface area contributed by atoms with Crippen molar-refractivity contribution in [1.82, 2.24) is 9.97 Å². The Morgan fingerprint density at radius 2 is 1.89 bits per heavy atom. The van der Waals surface area contributed by atoms with Crippen molar-refractivity contribution in [2.24, 2.45) is 0 Å². The summed E-state index contributed by atoms with van der Waals surface area (Å²) in [5, 5.41) is 6.44. The molecule has 0 radical (unpaired) electrons. The second-order valence-electron chi connectivity index (χ2n) is 5.90. The number of anilines is 3. The standard InChI is InChI=1S/C20H17ClN4O3/c1-12-8-14(21)6-7-16(12)25-19(26)17-10-18(23-11-22-17)24-15-5-3-4-13(9-15)20(27)28-2/h3-11H,1-2H3,(H,25,26)(H,22,23,24). The number of nitrogens with zero attached hydrogens (tertiary/aromatic N) is 2. The molecule has 3 rings (SSSR count). The molecular formula is C20H17ClN4O3. The van der Waals surface area contributed by atoms with E-state index in [1.165, 1.54) is 19.5 Å². The lowest BCUT2D eigenvalue weighted by Gasteiger charge is -2.10. The van der Waals surface area contributed by atoms with Crippen LogP contribution >= 0.6 is 11.6 Å². The first kappa shape index (κ1) is 19.3. The highest BCUT2D eigenvalue weighted by molar-refractivity contribution is 6.30. The molecule has 2 aromatic carbocycles. The molecule has 0 aliphatic rings. The van der Waals surface area contributed by atoms with E-state index in [1.807, 2.05) is 6.92 Å². The van der Waals surface area contributed by atoms with Crippen LogP contribution in [0.15, 0.2) is 54.9 Å². The Bertz CT molecular complexity index is 1040. The zero-order valence-corrected chi connectivity index (χ0v) is 15.9. The normalized spacial score (nSPS) is 10.2. The summed E-state index contributed by atoms with van der Waals surface area (Å²) in [7, 11) is 1.32. The second-order valence-corrected chi connectivity index (χ2v) is 6.34. The van der Waals surface area contributed by atoms with Gasteiger partial charge in [-0.1, -0.05) is 17.7 Å². The maximum atomic E-state index is 12.5. The molecule has 0 saturated carbocycles. The number of carbonyl (C=O) groups excluding carboxylic acids is 2. The van der Waals surface area contributed by atoms with Gasteiger partial charge in [-0.25, -0.2) is 14.8 Å². The summed E-state index contributed by atoms with van der Waals surface area (Å²) in [6.07, 6.45) is 1.29. The van der Waals surface area contributed by atoms with Crippen LogP contribution in [0.2, 0.25) is 5.02 Å². The Hall–Kier alpha value is -3.45. The molecule has 1 aromatic heterocycles. The Morgan fingerprint density at radius 1 is 1.07 bits per heavy atom. The smallest absolute Gasteiger partial charge is 0.337 e. The van der Waals surface area contributed by atoms with Crippen LogP contribution in [0.25, 0.3) is 0 Å². The van der Waals surface area contributed by atoms with Gasteiger partial charge in [-0.15, -0.1) is 0 Å². The number of benzene rings is 2. The average molecular weight is 397 g/mol. The van der Waals surface area contributed by atoms with Crippen molar-refractivity contribution in [3.8, 4) is 0 Å². The minimum atomic E-state index is -0.440. The Labute approximate surface area is 166 Å². The first-order valence-corrected chi connectivity index (χ1v) is 8.69. The van der Waals surface area contributed by atoms with Gasteiger partial charge >= 0.3 is 5.97 Å². The van der Waals surface area contributed by atoms with Crippen molar-refractivity contribution in [1.29, 1.82) is 0 Å². The van der Waals surface area contributed by atoms with Crippen LogP contribution in [0, 0.1) is 6.92 Å². The minimum absolute atomic E-state index is 0.191. The number of hydrogen-bond acceptors (Lipinski definition) is 6. The molecule has 1 heterocycles. The Kier molecular flexibility index (Phi) is 5.86. The zero-order chi connectivity index (χ0) is 20.1. The van der Waals surface area contributed by atoms with Gasteiger partial charge in [-0.2, -0.15) is 0 Å². The summed E-state index contributed by atoms with van der Waals surface area (Å²) < 4.78 is 4.71. The largest absolute Gasteiger partial charge is 0.465 e. The molecular weight excluding hydrogens is 380 g/mol. The summed E-state index contributed by atoms with van der Waals surface area (Å²) in [5.74, 6) is -0.404. The van der Waals surface area contributed by atoms with Crippen LogP contribution in [0.3, 0.4) is 0 Å². The summed E-state index contributed by atoms with van der Waals surface area (Å²) >= 11 is 5.94. The predicted molar refractivity (Wildman–Crippen MR) is 107 cm³/mol. The molecule has 0 unspecified atom stereocenters. The highest BCUT2D eigenvalue weighted by Gasteiger charge is 2.12. The van der Waals surface area contributed by atoms with Crippen LogP contribution < -0.4 is 10.6 Å². The fourth-order valence-electron chi connectivity index (χ4n) is 2.49. The van der Waals surface area contributed by atoms with Gasteiger partial charge in [0.2, 0.25) is 0 Å². The number of rotatable bonds is 5. The summed E-state index contributed by atoms with van der Waals surface area (Å²) in [4.78, 5) is 32.3. The van der Waals surface area contributed by atoms with Crippen molar-refractivity contribution in [3.63, 3.8) is 0 Å². The maximum absolute atomic E-state index is 12.5. The molecule has 0 bridgehead atoms. The molecule has 0 aliphatic carbocycles. The number of ether oxygens (including phenoxy) is 1. The first-order chi connectivity index (χ1) is 13.5. The van der Waals surface area contributed by atoms with E-state index >= 15 is 0 Å². The Morgan fingerprint density at radius 3 is 2.64 bits per heavy atom. The average Bonchev–Trinajstić information content (AvgIpc) is 2.70. The topological polar surface area (TPSA) is 93.2 Å². The molecule has 7 nitrogen and oxygen atoms in total. The molecule has 3 aromatic rings. The fourth-order valence-corrected chi connectivity index (χ4v) is 2.72. The third-order valence-electron chi connectivity index (χ3n) is 3.89. The van der Waals surface area contributed by atoms with E-state index in [2.05, 4.69) is 20.6 Å². The molecule has 142 valence electrons. The van der Waals surface area contributed by atoms with Gasteiger partial charge in [-0.3, -0.25) is 4.79 Å². The zero-order valence-electron chi connectivity index (χ0n) is 15.2. The van der Waals surface area contributed by atoms with E-state index in [0.29, 0.717) is 27.8 Å². The number of methoxy groups -OCH3 is 1. The number of esters is 1. The number of nitrogens with one attached hydrogen (secondary N) is 2. The minimum Gasteiger partial charge on any atom is -0.465 e. The van der Waals surface area contributed by atoms with E-state index in [0.717, 1.165) is 5.56 Å². The lowest BCUT2D eigenvalue weighted by molar-refractivity contribution is 0.0600. The number of amides is 1. The number of aromatic nitrogens is 2. The second kappa shape index (κ2) is 8.49. The SMILES string of the molecule is COC(=O)c1cccc(Nc2cc(C(=O)Nc3ccc(Cl)cc3C)ncn2)c1.